The number of rotatable bonds is 3. The zero-order valence-corrected chi connectivity index (χ0v) is 11.5. The molecule has 2 bridgehead atoms. The molecule has 6 atom stereocenters. The smallest absolute Gasteiger partial charge is 0.310 e. The summed E-state index contributed by atoms with van der Waals surface area (Å²) < 4.78 is 5.48. The number of carboxylic acids is 1. The Kier molecular flexibility index (Phi) is 2.61. The van der Waals surface area contributed by atoms with Gasteiger partial charge in [-0.2, -0.15) is 0 Å². The number of esters is 1. The van der Waals surface area contributed by atoms with E-state index in [4.69, 9.17) is 4.74 Å². The number of hydrogen-bond acceptors (Lipinski definition) is 4. The summed E-state index contributed by atoms with van der Waals surface area (Å²) >= 11 is 1.66. The van der Waals surface area contributed by atoms with Gasteiger partial charge in [-0.3, -0.25) is 9.59 Å². The first-order valence-electron chi connectivity index (χ1n) is 6.82. The first-order valence-corrected chi connectivity index (χ1v) is 7.70. The number of ether oxygens (including phenoxy) is 1. The third-order valence-corrected chi connectivity index (χ3v) is 6.28. The van der Waals surface area contributed by atoms with Gasteiger partial charge in [0, 0.05) is 10.8 Å². The summed E-state index contributed by atoms with van der Waals surface area (Å²) in [6, 6.07) is 9.92. The van der Waals surface area contributed by atoms with Gasteiger partial charge in [0.15, 0.2) is 0 Å². The molecule has 4 nitrogen and oxygen atoms in total. The molecule has 4 rings (SSSR count). The summed E-state index contributed by atoms with van der Waals surface area (Å²) in [5.74, 6) is -1.97. The zero-order valence-electron chi connectivity index (χ0n) is 10.6. The Morgan fingerprint density at radius 3 is 2.70 bits per heavy atom. The quantitative estimate of drug-likeness (QED) is 0.863. The second-order valence-corrected chi connectivity index (χ2v) is 7.00. The Hall–Kier alpha value is -1.49. The van der Waals surface area contributed by atoms with Crippen molar-refractivity contribution in [2.75, 3.05) is 0 Å². The van der Waals surface area contributed by atoms with Crippen molar-refractivity contribution >= 4 is 23.7 Å². The van der Waals surface area contributed by atoms with Crippen molar-refractivity contribution in [1.29, 1.82) is 0 Å². The molecule has 0 amide bonds. The van der Waals surface area contributed by atoms with Crippen LogP contribution in [0.1, 0.15) is 6.42 Å². The van der Waals surface area contributed by atoms with Gasteiger partial charge in [-0.15, -0.1) is 11.8 Å². The molecule has 5 heteroatoms. The van der Waals surface area contributed by atoms with Crippen LogP contribution in [0.3, 0.4) is 0 Å². The predicted molar refractivity (Wildman–Crippen MR) is 72.2 cm³/mol. The molecular formula is C15H14O4S. The van der Waals surface area contributed by atoms with Gasteiger partial charge in [0.1, 0.15) is 6.10 Å². The predicted octanol–water partition coefficient (Wildman–Crippen LogP) is 2.04. The summed E-state index contributed by atoms with van der Waals surface area (Å²) in [5, 5.41) is 9.52. The number of carbonyl (C=O) groups is 2. The molecule has 1 aromatic rings. The molecule has 0 aromatic heterocycles. The van der Waals surface area contributed by atoms with Crippen LogP contribution < -0.4 is 0 Å². The van der Waals surface area contributed by atoms with Gasteiger partial charge >= 0.3 is 11.9 Å². The molecule has 1 N–H and O–H groups in total. The lowest BCUT2D eigenvalue weighted by Crippen LogP contribution is -2.39. The number of carboxylic acid groups (broad SMARTS) is 1. The van der Waals surface area contributed by atoms with Crippen LogP contribution in [0.25, 0.3) is 0 Å². The van der Waals surface area contributed by atoms with Gasteiger partial charge < -0.3 is 9.84 Å². The highest BCUT2D eigenvalue weighted by Gasteiger charge is 2.68. The second kappa shape index (κ2) is 4.25. The fourth-order valence-corrected chi connectivity index (χ4v) is 5.62. The van der Waals surface area contributed by atoms with E-state index in [9.17, 15) is 14.7 Å². The molecule has 0 spiro atoms. The van der Waals surface area contributed by atoms with Crippen LogP contribution in [0.2, 0.25) is 0 Å². The molecule has 1 aliphatic heterocycles. The first kappa shape index (κ1) is 12.3. The molecule has 1 heterocycles. The minimum atomic E-state index is -0.849. The molecule has 1 saturated heterocycles. The number of carbonyl (C=O) groups excluding carboxylic acids is 1. The van der Waals surface area contributed by atoms with E-state index in [1.165, 1.54) is 0 Å². The van der Waals surface area contributed by atoms with Crippen molar-refractivity contribution in [1.82, 2.24) is 0 Å². The fraction of sp³-hybridized carbons (Fsp3) is 0.467. The van der Waals surface area contributed by atoms with Crippen molar-refractivity contribution in [2.24, 2.45) is 23.7 Å². The molecule has 1 aromatic carbocycles. The van der Waals surface area contributed by atoms with E-state index >= 15 is 0 Å². The Morgan fingerprint density at radius 2 is 2.00 bits per heavy atom. The van der Waals surface area contributed by atoms with E-state index in [0.717, 1.165) is 11.3 Å². The molecular weight excluding hydrogens is 276 g/mol. The van der Waals surface area contributed by atoms with E-state index < -0.39 is 17.8 Å². The van der Waals surface area contributed by atoms with Crippen LogP contribution in [0.4, 0.5) is 0 Å². The lowest BCUT2D eigenvalue weighted by Gasteiger charge is -2.29. The fourth-order valence-electron chi connectivity index (χ4n) is 4.14. The minimum Gasteiger partial charge on any atom is -0.481 e. The molecule has 0 unspecified atom stereocenters. The zero-order chi connectivity index (χ0) is 13.9. The second-order valence-electron chi connectivity index (χ2n) is 5.75. The van der Waals surface area contributed by atoms with Crippen molar-refractivity contribution in [3.63, 3.8) is 0 Å². The molecule has 2 saturated carbocycles. The number of aliphatic carboxylic acids is 1. The van der Waals surface area contributed by atoms with Crippen molar-refractivity contribution < 1.29 is 19.4 Å². The maximum Gasteiger partial charge on any atom is 0.310 e. The topological polar surface area (TPSA) is 63.6 Å². The Bertz CT molecular complexity index is 572. The normalized spacial score (nSPS) is 40.9. The minimum absolute atomic E-state index is 0.0455. The summed E-state index contributed by atoms with van der Waals surface area (Å²) in [6.45, 7) is 0. The summed E-state index contributed by atoms with van der Waals surface area (Å²) in [6.07, 6.45) is 0.709. The summed E-state index contributed by atoms with van der Waals surface area (Å²) in [5.41, 5.74) is 0. The van der Waals surface area contributed by atoms with Gasteiger partial charge in [-0.25, -0.2) is 0 Å². The van der Waals surface area contributed by atoms with E-state index in [2.05, 4.69) is 0 Å². The highest BCUT2D eigenvalue weighted by Crippen LogP contribution is 2.61. The summed E-state index contributed by atoms with van der Waals surface area (Å²) in [7, 11) is 0. The standard InChI is InChI=1S/C15H14O4S/c16-14(17)10-9-6-8-11(10)15(18)19-12(8)13(9)20-7-4-2-1-3-5-7/h1-5,8-13H,6H2,(H,16,17)/t8-,9-,10+,11-,12-,13+/m0/s1. The molecule has 20 heavy (non-hydrogen) atoms. The van der Waals surface area contributed by atoms with Crippen LogP contribution in [0.5, 0.6) is 0 Å². The van der Waals surface area contributed by atoms with E-state index in [1.807, 2.05) is 30.3 Å². The Balaban J connectivity index is 1.66. The highest BCUT2D eigenvalue weighted by atomic mass is 32.2. The third-order valence-electron chi connectivity index (χ3n) is 4.85. The Labute approximate surface area is 120 Å². The van der Waals surface area contributed by atoms with Crippen LogP contribution >= 0.6 is 11.8 Å². The van der Waals surface area contributed by atoms with Gasteiger partial charge in [-0.05, 0) is 24.5 Å². The van der Waals surface area contributed by atoms with Crippen molar-refractivity contribution in [2.45, 2.75) is 22.7 Å². The van der Waals surface area contributed by atoms with E-state index in [0.29, 0.717) is 0 Å². The SMILES string of the molecule is O=C(O)[C@@H]1[C@@H]2C[C@@H]3[C@H](OC(=O)[C@@H]31)[C@@H]2Sc1ccccc1. The molecule has 104 valence electrons. The maximum absolute atomic E-state index is 11.9. The number of thioether (sulfide) groups is 1. The van der Waals surface area contributed by atoms with E-state index in [-0.39, 0.29) is 29.2 Å². The first-order chi connectivity index (χ1) is 9.66. The van der Waals surface area contributed by atoms with Crippen LogP contribution in [0, 0.1) is 23.7 Å². The average molecular weight is 290 g/mol. The molecule has 2 aliphatic carbocycles. The summed E-state index contributed by atoms with van der Waals surface area (Å²) in [4.78, 5) is 24.5. The highest BCUT2D eigenvalue weighted by molar-refractivity contribution is 8.00. The Morgan fingerprint density at radius 1 is 1.25 bits per heavy atom. The lowest BCUT2D eigenvalue weighted by atomic mass is 9.80. The average Bonchev–Trinajstić information content (AvgIpc) is 3.03. The monoisotopic (exact) mass is 290 g/mol. The number of fused-ring (bicyclic) bond motifs is 1. The third kappa shape index (κ3) is 1.56. The van der Waals surface area contributed by atoms with E-state index in [1.54, 1.807) is 11.8 Å². The van der Waals surface area contributed by atoms with Crippen molar-refractivity contribution in [3.05, 3.63) is 30.3 Å². The maximum atomic E-state index is 11.9. The van der Waals surface area contributed by atoms with Crippen LogP contribution in [-0.2, 0) is 14.3 Å². The number of benzene rings is 1. The lowest BCUT2D eigenvalue weighted by molar-refractivity contribution is -0.151. The van der Waals surface area contributed by atoms with Gasteiger partial charge in [-0.1, -0.05) is 18.2 Å². The van der Waals surface area contributed by atoms with Crippen LogP contribution in [-0.4, -0.2) is 28.4 Å². The molecule has 3 aliphatic rings. The van der Waals surface area contributed by atoms with Crippen LogP contribution in [0.15, 0.2) is 35.2 Å². The van der Waals surface area contributed by atoms with Crippen molar-refractivity contribution in [3.8, 4) is 0 Å². The molecule has 3 fully saturated rings. The van der Waals surface area contributed by atoms with Gasteiger partial charge in [0.05, 0.1) is 17.1 Å². The van der Waals surface area contributed by atoms with Gasteiger partial charge in [0.25, 0.3) is 0 Å². The largest absolute Gasteiger partial charge is 0.481 e. The number of hydrogen-bond donors (Lipinski definition) is 1. The van der Waals surface area contributed by atoms with Gasteiger partial charge in [0.2, 0.25) is 0 Å². The molecule has 0 radical (unpaired) electrons.